The predicted octanol–water partition coefficient (Wildman–Crippen LogP) is 0.862. The Morgan fingerprint density at radius 3 is 2.62 bits per heavy atom. The largest absolute Gasteiger partial charge is 0.497 e. The maximum Gasteiger partial charge on any atom is 0.238 e. The van der Waals surface area contributed by atoms with Crippen LogP contribution in [0.3, 0.4) is 0 Å². The molecular formula is C11H16N2O3. The van der Waals surface area contributed by atoms with Crippen LogP contribution < -0.4 is 20.1 Å². The van der Waals surface area contributed by atoms with Crippen LogP contribution in [-0.2, 0) is 4.79 Å². The highest BCUT2D eigenvalue weighted by Crippen LogP contribution is 2.28. The Bertz CT molecular complexity index is 366. The Hall–Kier alpha value is -1.75. The van der Waals surface area contributed by atoms with Gasteiger partial charge < -0.3 is 20.1 Å². The topological polar surface area (TPSA) is 59.6 Å². The molecule has 0 aromatic heterocycles. The number of methoxy groups -OCH3 is 2. The summed E-state index contributed by atoms with van der Waals surface area (Å²) in [4.78, 5) is 11.4. The lowest BCUT2D eigenvalue weighted by molar-refractivity contribution is -0.115. The lowest BCUT2D eigenvalue weighted by Gasteiger charge is -2.11. The molecule has 2 N–H and O–H groups in total. The summed E-state index contributed by atoms with van der Waals surface area (Å²) in [5.41, 5.74) is 0.628. The molecule has 0 bridgehead atoms. The zero-order chi connectivity index (χ0) is 12.0. The number of nitrogens with one attached hydrogen (secondary N) is 2. The van der Waals surface area contributed by atoms with Crippen LogP contribution in [-0.4, -0.2) is 33.7 Å². The predicted molar refractivity (Wildman–Crippen MR) is 62.1 cm³/mol. The minimum Gasteiger partial charge on any atom is -0.497 e. The van der Waals surface area contributed by atoms with Crippen molar-refractivity contribution in [2.45, 2.75) is 0 Å². The summed E-state index contributed by atoms with van der Waals surface area (Å²) >= 11 is 0. The van der Waals surface area contributed by atoms with Crippen molar-refractivity contribution >= 4 is 11.6 Å². The number of anilines is 1. The summed E-state index contributed by atoms with van der Waals surface area (Å²) in [6.45, 7) is 0.259. The fourth-order valence-electron chi connectivity index (χ4n) is 1.26. The zero-order valence-corrected chi connectivity index (χ0v) is 9.66. The molecule has 0 spiro atoms. The molecule has 0 aliphatic carbocycles. The number of amides is 1. The maximum atomic E-state index is 11.4. The summed E-state index contributed by atoms with van der Waals surface area (Å²) in [6.07, 6.45) is 0. The van der Waals surface area contributed by atoms with Gasteiger partial charge in [-0.25, -0.2) is 0 Å². The van der Waals surface area contributed by atoms with E-state index in [0.29, 0.717) is 17.2 Å². The Morgan fingerprint density at radius 1 is 1.31 bits per heavy atom. The van der Waals surface area contributed by atoms with E-state index in [1.165, 1.54) is 0 Å². The van der Waals surface area contributed by atoms with Crippen molar-refractivity contribution in [2.24, 2.45) is 0 Å². The second-order valence-corrected chi connectivity index (χ2v) is 3.14. The summed E-state index contributed by atoms with van der Waals surface area (Å²) in [7, 11) is 4.83. The molecule has 0 radical (unpaired) electrons. The van der Waals surface area contributed by atoms with Gasteiger partial charge in [0.25, 0.3) is 0 Å². The molecule has 5 nitrogen and oxygen atoms in total. The molecule has 88 valence electrons. The highest BCUT2D eigenvalue weighted by Gasteiger charge is 2.07. The average Bonchev–Trinajstić information content (AvgIpc) is 2.30. The van der Waals surface area contributed by atoms with Gasteiger partial charge in [0.1, 0.15) is 11.5 Å². The summed E-state index contributed by atoms with van der Waals surface area (Å²) in [5, 5.41) is 5.50. The normalized spacial score (nSPS) is 9.69. The van der Waals surface area contributed by atoms with Crippen molar-refractivity contribution in [3.05, 3.63) is 18.2 Å². The Labute approximate surface area is 94.7 Å². The minimum absolute atomic E-state index is 0.119. The van der Waals surface area contributed by atoms with Gasteiger partial charge in [0.2, 0.25) is 5.91 Å². The zero-order valence-electron chi connectivity index (χ0n) is 9.66. The first-order chi connectivity index (χ1) is 7.71. The summed E-state index contributed by atoms with van der Waals surface area (Å²) in [6, 6.07) is 5.22. The van der Waals surface area contributed by atoms with Crippen LogP contribution in [0.4, 0.5) is 5.69 Å². The van der Waals surface area contributed by atoms with E-state index in [1.54, 1.807) is 39.5 Å². The number of hydrogen-bond acceptors (Lipinski definition) is 4. The average molecular weight is 224 g/mol. The highest BCUT2D eigenvalue weighted by atomic mass is 16.5. The van der Waals surface area contributed by atoms with E-state index in [4.69, 9.17) is 9.47 Å². The third-order valence-corrected chi connectivity index (χ3v) is 2.02. The van der Waals surface area contributed by atoms with Crippen molar-refractivity contribution in [3.63, 3.8) is 0 Å². The van der Waals surface area contributed by atoms with E-state index in [9.17, 15) is 4.79 Å². The van der Waals surface area contributed by atoms with Gasteiger partial charge in [0.05, 0.1) is 26.5 Å². The van der Waals surface area contributed by atoms with E-state index in [2.05, 4.69) is 10.6 Å². The van der Waals surface area contributed by atoms with Gasteiger partial charge >= 0.3 is 0 Å². The van der Waals surface area contributed by atoms with E-state index in [-0.39, 0.29) is 12.5 Å². The van der Waals surface area contributed by atoms with Crippen LogP contribution in [0.15, 0.2) is 18.2 Å². The van der Waals surface area contributed by atoms with E-state index < -0.39 is 0 Å². The van der Waals surface area contributed by atoms with Crippen LogP contribution in [0.1, 0.15) is 0 Å². The number of carbonyl (C=O) groups is 1. The molecule has 0 atom stereocenters. The quantitative estimate of drug-likeness (QED) is 0.779. The van der Waals surface area contributed by atoms with E-state index in [0.717, 1.165) is 0 Å². The first-order valence-electron chi connectivity index (χ1n) is 4.87. The Kier molecular flexibility index (Phi) is 4.60. The molecule has 1 amide bonds. The van der Waals surface area contributed by atoms with Gasteiger partial charge in [0.15, 0.2) is 0 Å². The van der Waals surface area contributed by atoms with E-state index in [1.807, 2.05) is 0 Å². The van der Waals surface area contributed by atoms with Gasteiger partial charge in [0, 0.05) is 6.07 Å². The highest BCUT2D eigenvalue weighted by molar-refractivity contribution is 5.93. The third kappa shape index (κ3) is 3.13. The molecule has 0 saturated heterocycles. The van der Waals surface area contributed by atoms with Gasteiger partial charge in [-0.15, -0.1) is 0 Å². The smallest absolute Gasteiger partial charge is 0.238 e. The molecule has 16 heavy (non-hydrogen) atoms. The number of rotatable bonds is 5. The van der Waals surface area contributed by atoms with Gasteiger partial charge in [-0.05, 0) is 19.2 Å². The van der Waals surface area contributed by atoms with Crippen LogP contribution >= 0.6 is 0 Å². The van der Waals surface area contributed by atoms with E-state index >= 15 is 0 Å². The Balaban J connectivity index is 2.83. The number of ether oxygens (including phenoxy) is 2. The number of likely N-dealkylation sites (N-methyl/N-ethyl adjacent to an activating group) is 1. The standard InChI is InChI=1S/C11H16N2O3/c1-12-7-11(14)13-9-5-4-8(15-2)6-10(9)16-3/h4-6,12H,7H2,1-3H3,(H,13,14). The van der Waals surface area contributed by atoms with Crippen LogP contribution in [0, 0.1) is 0 Å². The van der Waals surface area contributed by atoms with Crippen molar-refractivity contribution in [1.82, 2.24) is 5.32 Å². The molecule has 0 aliphatic rings. The van der Waals surface area contributed by atoms with Crippen molar-refractivity contribution in [2.75, 3.05) is 33.1 Å². The molecule has 0 fully saturated rings. The lowest BCUT2D eigenvalue weighted by Crippen LogP contribution is -2.25. The molecule has 0 heterocycles. The van der Waals surface area contributed by atoms with Crippen molar-refractivity contribution < 1.29 is 14.3 Å². The fourth-order valence-corrected chi connectivity index (χ4v) is 1.26. The lowest BCUT2D eigenvalue weighted by atomic mass is 10.2. The molecule has 0 saturated carbocycles. The fraction of sp³-hybridized carbons (Fsp3) is 0.364. The molecular weight excluding hydrogens is 208 g/mol. The molecule has 1 aromatic carbocycles. The van der Waals surface area contributed by atoms with Crippen LogP contribution in [0.5, 0.6) is 11.5 Å². The van der Waals surface area contributed by atoms with Crippen molar-refractivity contribution in [3.8, 4) is 11.5 Å². The number of carbonyl (C=O) groups excluding carboxylic acids is 1. The molecule has 1 rings (SSSR count). The molecule has 0 aliphatic heterocycles. The second kappa shape index (κ2) is 5.97. The Morgan fingerprint density at radius 2 is 2.06 bits per heavy atom. The van der Waals surface area contributed by atoms with Gasteiger partial charge in [-0.2, -0.15) is 0 Å². The molecule has 1 aromatic rings. The van der Waals surface area contributed by atoms with Crippen molar-refractivity contribution in [1.29, 1.82) is 0 Å². The SMILES string of the molecule is CNCC(=O)Nc1ccc(OC)cc1OC. The second-order valence-electron chi connectivity index (χ2n) is 3.14. The third-order valence-electron chi connectivity index (χ3n) is 2.02. The first-order valence-corrected chi connectivity index (χ1v) is 4.87. The van der Waals surface area contributed by atoms with Gasteiger partial charge in [-0.3, -0.25) is 4.79 Å². The summed E-state index contributed by atoms with van der Waals surface area (Å²) in [5.74, 6) is 1.14. The monoisotopic (exact) mass is 224 g/mol. The van der Waals surface area contributed by atoms with Gasteiger partial charge in [-0.1, -0.05) is 0 Å². The molecule has 0 unspecified atom stereocenters. The summed E-state index contributed by atoms with van der Waals surface area (Å²) < 4.78 is 10.2. The molecule has 5 heteroatoms. The number of benzene rings is 1. The first kappa shape index (κ1) is 12.3. The minimum atomic E-state index is -0.119. The number of hydrogen-bond donors (Lipinski definition) is 2. The maximum absolute atomic E-state index is 11.4. The van der Waals surface area contributed by atoms with Crippen LogP contribution in [0.25, 0.3) is 0 Å². The van der Waals surface area contributed by atoms with Crippen LogP contribution in [0.2, 0.25) is 0 Å².